The Hall–Kier alpha value is -0.630. The zero-order valence-electron chi connectivity index (χ0n) is 19.8. The number of rotatable bonds is 11. The SMILES string of the molecule is CCCS(=O)(=O)NC1CCC(CCCN2CCC(Cc3cc(OC)ccc3Br)CC2)CC1. The van der Waals surface area contributed by atoms with Crippen molar-refractivity contribution in [2.24, 2.45) is 11.8 Å². The molecule has 0 radical (unpaired) electrons. The van der Waals surface area contributed by atoms with Crippen LogP contribution in [0.5, 0.6) is 5.75 Å². The number of hydrogen-bond donors (Lipinski definition) is 1. The van der Waals surface area contributed by atoms with Crippen LogP contribution in [-0.4, -0.2) is 51.9 Å². The fraction of sp³-hybridized carbons (Fsp3) is 0.760. The highest BCUT2D eigenvalue weighted by Gasteiger charge is 2.25. The number of benzene rings is 1. The molecule has 0 bridgehead atoms. The molecule has 0 amide bonds. The molecular weight excluding hydrogens is 488 g/mol. The lowest BCUT2D eigenvalue weighted by molar-refractivity contribution is 0.175. The molecule has 0 spiro atoms. The fourth-order valence-electron chi connectivity index (χ4n) is 5.31. The minimum atomic E-state index is -3.08. The van der Waals surface area contributed by atoms with E-state index in [1.54, 1.807) is 7.11 Å². The first kappa shape index (κ1) is 26.0. The molecule has 0 aromatic heterocycles. The second kappa shape index (κ2) is 12.7. The highest BCUT2D eigenvalue weighted by Crippen LogP contribution is 2.30. The number of nitrogens with one attached hydrogen (secondary N) is 1. The molecule has 182 valence electrons. The van der Waals surface area contributed by atoms with Crippen LogP contribution in [0.3, 0.4) is 0 Å². The fourth-order valence-corrected chi connectivity index (χ4v) is 7.12. The molecule has 1 N–H and O–H groups in total. The Bertz CT molecular complexity index is 801. The second-order valence-corrected chi connectivity index (χ2v) is 12.5. The number of piperidine rings is 1. The summed E-state index contributed by atoms with van der Waals surface area (Å²) >= 11 is 3.70. The minimum Gasteiger partial charge on any atom is -0.497 e. The molecule has 3 rings (SSSR count). The Balaban J connectivity index is 1.30. The van der Waals surface area contributed by atoms with Crippen molar-refractivity contribution < 1.29 is 13.2 Å². The van der Waals surface area contributed by atoms with Gasteiger partial charge in [0.15, 0.2) is 0 Å². The summed E-state index contributed by atoms with van der Waals surface area (Å²) in [7, 11) is -1.35. The Labute approximate surface area is 203 Å². The molecule has 1 aromatic rings. The van der Waals surface area contributed by atoms with Gasteiger partial charge in [0.2, 0.25) is 10.0 Å². The van der Waals surface area contributed by atoms with Crippen LogP contribution < -0.4 is 9.46 Å². The van der Waals surface area contributed by atoms with Crippen LogP contribution in [0, 0.1) is 11.8 Å². The van der Waals surface area contributed by atoms with Crippen molar-refractivity contribution in [3.8, 4) is 5.75 Å². The third-order valence-corrected chi connectivity index (χ3v) is 9.63. The molecule has 0 atom stereocenters. The van der Waals surface area contributed by atoms with E-state index in [2.05, 4.69) is 37.7 Å². The minimum absolute atomic E-state index is 0.159. The van der Waals surface area contributed by atoms with Gasteiger partial charge in [0.1, 0.15) is 5.75 Å². The van der Waals surface area contributed by atoms with Gasteiger partial charge in [-0.3, -0.25) is 0 Å². The Morgan fingerprint density at radius 2 is 1.81 bits per heavy atom. The van der Waals surface area contributed by atoms with Gasteiger partial charge < -0.3 is 9.64 Å². The molecule has 0 unspecified atom stereocenters. The molecule has 1 saturated heterocycles. The van der Waals surface area contributed by atoms with Gasteiger partial charge in [0, 0.05) is 10.5 Å². The monoisotopic (exact) mass is 528 g/mol. The number of ether oxygens (including phenoxy) is 1. The molecule has 2 aliphatic rings. The van der Waals surface area contributed by atoms with E-state index in [1.807, 2.05) is 13.0 Å². The Kier molecular flexibility index (Phi) is 10.3. The average molecular weight is 530 g/mol. The van der Waals surface area contributed by atoms with Gasteiger partial charge in [-0.15, -0.1) is 0 Å². The van der Waals surface area contributed by atoms with Crippen LogP contribution in [0.1, 0.15) is 70.3 Å². The standard InChI is InChI=1S/C25H41BrN2O3S/c1-3-17-32(29,30)27-23-8-6-20(7-9-23)5-4-14-28-15-12-21(13-16-28)18-22-19-24(31-2)10-11-25(22)26/h10-11,19-21,23,27H,3-9,12-18H2,1-2H3. The third kappa shape index (κ3) is 8.30. The normalized spacial score (nSPS) is 23.3. The molecular formula is C25H41BrN2O3S. The molecule has 1 saturated carbocycles. The molecule has 1 heterocycles. The quantitative estimate of drug-likeness (QED) is 0.418. The molecule has 1 aromatic carbocycles. The van der Waals surface area contributed by atoms with Gasteiger partial charge in [0.05, 0.1) is 12.9 Å². The van der Waals surface area contributed by atoms with E-state index in [0.717, 1.165) is 49.7 Å². The van der Waals surface area contributed by atoms with Gasteiger partial charge in [-0.1, -0.05) is 22.9 Å². The smallest absolute Gasteiger partial charge is 0.211 e. The first-order chi connectivity index (χ1) is 15.4. The van der Waals surface area contributed by atoms with Crippen molar-refractivity contribution in [2.75, 3.05) is 32.5 Å². The molecule has 5 nitrogen and oxygen atoms in total. The summed E-state index contributed by atoms with van der Waals surface area (Å²) in [6.07, 6.45) is 11.2. The molecule has 1 aliphatic carbocycles. The lowest BCUT2D eigenvalue weighted by Crippen LogP contribution is -2.39. The van der Waals surface area contributed by atoms with Gasteiger partial charge >= 0.3 is 0 Å². The lowest BCUT2D eigenvalue weighted by atomic mass is 9.83. The van der Waals surface area contributed by atoms with Crippen LogP contribution in [-0.2, 0) is 16.4 Å². The molecule has 1 aliphatic heterocycles. The summed E-state index contributed by atoms with van der Waals surface area (Å²) in [5.74, 6) is 2.71. The zero-order chi connectivity index (χ0) is 23.0. The van der Waals surface area contributed by atoms with Crippen molar-refractivity contribution >= 4 is 26.0 Å². The zero-order valence-corrected chi connectivity index (χ0v) is 22.2. The number of methoxy groups -OCH3 is 1. The summed E-state index contributed by atoms with van der Waals surface area (Å²) in [6, 6.07) is 6.43. The van der Waals surface area contributed by atoms with E-state index in [0.29, 0.717) is 6.42 Å². The summed E-state index contributed by atoms with van der Waals surface area (Å²) in [5, 5.41) is 0. The Morgan fingerprint density at radius 3 is 2.47 bits per heavy atom. The van der Waals surface area contributed by atoms with Crippen LogP contribution in [0.25, 0.3) is 0 Å². The van der Waals surface area contributed by atoms with E-state index in [-0.39, 0.29) is 11.8 Å². The first-order valence-electron chi connectivity index (χ1n) is 12.4. The van der Waals surface area contributed by atoms with Crippen LogP contribution in [0.2, 0.25) is 0 Å². The average Bonchev–Trinajstić information content (AvgIpc) is 2.77. The predicted molar refractivity (Wildman–Crippen MR) is 136 cm³/mol. The molecule has 32 heavy (non-hydrogen) atoms. The maximum Gasteiger partial charge on any atom is 0.211 e. The van der Waals surface area contributed by atoms with E-state index < -0.39 is 10.0 Å². The van der Waals surface area contributed by atoms with Crippen molar-refractivity contribution in [3.63, 3.8) is 0 Å². The predicted octanol–water partition coefficient (Wildman–Crippen LogP) is 5.38. The maximum absolute atomic E-state index is 12.0. The highest BCUT2D eigenvalue weighted by atomic mass is 79.9. The number of hydrogen-bond acceptors (Lipinski definition) is 4. The van der Waals surface area contributed by atoms with E-state index in [9.17, 15) is 8.42 Å². The Morgan fingerprint density at radius 1 is 1.09 bits per heavy atom. The summed E-state index contributed by atoms with van der Waals surface area (Å²) in [4.78, 5) is 2.64. The number of halogens is 1. The van der Waals surface area contributed by atoms with Crippen LogP contribution in [0.15, 0.2) is 22.7 Å². The highest BCUT2D eigenvalue weighted by molar-refractivity contribution is 9.10. The summed E-state index contributed by atoms with van der Waals surface area (Å²) in [5.41, 5.74) is 1.36. The van der Waals surface area contributed by atoms with Gasteiger partial charge in [-0.05, 0) is 119 Å². The third-order valence-electron chi connectivity index (χ3n) is 7.22. The van der Waals surface area contributed by atoms with Crippen molar-refractivity contribution in [1.29, 1.82) is 0 Å². The van der Waals surface area contributed by atoms with Crippen molar-refractivity contribution in [3.05, 3.63) is 28.2 Å². The second-order valence-electron chi connectivity index (χ2n) is 9.74. The topological polar surface area (TPSA) is 58.6 Å². The van der Waals surface area contributed by atoms with Crippen molar-refractivity contribution in [1.82, 2.24) is 9.62 Å². The van der Waals surface area contributed by atoms with Crippen molar-refractivity contribution in [2.45, 2.75) is 77.2 Å². The van der Waals surface area contributed by atoms with Crippen LogP contribution >= 0.6 is 15.9 Å². The van der Waals surface area contributed by atoms with Gasteiger partial charge in [-0.2, -0.15) is 0 Å². The van der Waals surface area contributed by atoms with Gasteiger partial charge in [0.25, 0.3) is 0 Å². The first-order valence-corrected chi connectivity index (χ1v) is 14.9. The van der Waals surface area contributed by atoms with Gasteiger partial charge in [-0.25, -0.2) is 13.1 Å². The summed E-state index contributed by atoms with van der Waals surface area (Å²) < 4.78 is 33.4. The number of sulfonamides is 1. The molecule has 7 heteroatoms. The number of nitrogens with zero attached hydrogens (tertiary/aromatic N) is 1. The van der Waals surface area contributed by atoms with E-state index in [1.165, 1.54) is 55.4 Å². The largest absolute Gasteiger partial charge is 0.497 e. The van der Waals surface area contributed by atoms with E-state index >= 15 is 0 Å². The molecule has 2 fully saturated rings. The maximum atomic E-state index is 12.0. The van der Waals surface area contributed by atoms with E-state index in [4.69, 9.17) is 4.74 Å². The summed E-state index contributed by atoms with van der Waals surface area (Å²) in [6.45, 7) is 5.54. The lowest BCUT2D eigenvalue weighted by Gasteiger charge is -2.33. The van der Waals surface area contributed by atoms with Crippen LogP contribution in [0.4, 0.5) is 0 Å². The number of likely N-dealkylation sites (tertiary alicyclic amines) is 1.